The lowest BCUT2D eigenvalue weighted by Crippen LogP contribution is -2.06. The zero-order chi connectivity index (χ0) is 11.1. The molecule has 0 N–H and O–H groups in total. The van der Waals surface area contributed by atoms with Gasteiger partial charge in [0, 0.05) is 23.5 Å². The highest BCUT2D eigenvalue weighted by Crippen LogP contribution is 2.34. The van der Waals surface area contributed by atoms with Gasteiger partial charge in [0.15, 0.2) is 0 Å². The summed E-state index contributed by atoms with van der Waals surface area (Å²) in [5.41, 5.74) is 1.11. The van der Waals surface area contributed by atoms with Gasteiger partial charge >= 0.3 is 0 Å². The highest BCUT2D eigenvalue weighted by atomic mass is 79.9. The number of hydrogen-bond acceptors (Lipinski definition) is 2. The molecule has 3 heterocycles. The van der Waals surface area contributed by atoms with Gasteiger partial charge in [-0.2, -0.15) is 0 Å². The summed E-state index contributed by atoms with van der Waals surface area (Å²) >= 11 is 9.63. The van der Waals surface area contributed by atoms with E-state index < -0.39 is 0 Å². The first-order valence-electron chi connectivity index (χ1n) is 5.15. The first kappa shape index (κ1) is 10.6. The van der Waals surface area contributed by atoms with Crippen LogP contribution >= 0.6 is 27.5 Å². The fourth-order valence-corrected chi connectivity index (χ4v) is 3.14. The Morgan fingerprint density at radius 2 is 2.44 bits per heavy atom. The minimum atomic E-state index is 0.410. The summed E-state index contributed by atoms with van der Waals surface area (Å²) in [7, 11) is 0. The number of pyridine rings is 1. The molecular formula is C11H10BrClN2O. The van der Waals surface area contributed by atoms with Crippen LogP contribution in [-0.2, 0) is 4.74 Å². The summed E-state index contributed by atoms with van der Waals surface area (Å²) in [6.45, 7) is 1.61. The normalized spacial score (nSPS) is 20.8. The van der Waals surface area contributed by atoms with Crippen LogP contribution in [0.25, 0.3) is 10.9 Å². The van der Waals surface area contributed by atoms with Crippen LogP contribution in [0.1, 0.15) is 12.5 Å². The van der Waals surface area contributed by atoms with Crippen molar-refractivity contribution in [1.82, 2.24) is 9.55 Å². The third-order valence-corrected chi connectivity index (χ3v) is 3.84. The SMILES string of the molecule is Clc1nccc2c1c(Br)cn2C1CCOC1. The van der Waals surface area contributed by atoms with E-state index in [1.54, 1.807) is 6.20 Å². The molecule has 1 fully saturated rings. The summed E-state index contributed by atoms with van der Waals surface area (Å²) in [5, 5.41) is 1.53. The smallest absolute Gasteiger partial charge is 0.139 e. The van der Waals surface area contributed by atoms with E-state index in [0.29, 0.717) is 11.2 Å². The number of ether oxygens (including phenoxy) is 1. The van der Waals surface area contributed by atoms with E-state index in [0.717, 1.165) is 35.0 Å². The maximum absolute atomic E-state index is 6.10. The second-order valence-electron chi connectivity index (χ2n) is 3.90. The van der Waals surface area contributed by atoms with Crippen molar-refractivity contribution in [2.24, 2.45) is 0 Å². The zero-order valence-electron chi connectivity index (χ0n) is 8.49. The largest absolute Gasteiger partial charge is 0.379 e. The molecule has 0 saturated carbocycles. The third-order valence-electron chi connectivity index (χ3n) is 2.95. The molecule has 1 atom stereocenters. The highest BCUT2D eigenvalue weighted by Gasteiger charge is 2.21. The van der Waals surface area contributed by atoms with E-state index in [2.05, 4.69) is 31.7 Å². The minimum absolute atomic E-state index is 0.410. The van der Waals surface area contributed by atoms with E-state index in [1.165, 1.54) is 0 Å². The molecule has 1 aliphatic rings. The predicted molar refractivity (Wildman–Crippen MR) is 66.9 cm³/mol. The summed E-state index contributed by atoms with van der Waals surface area (Å²) < 4.78 is 8.63. The van der Waals surface area contributed by atoms with Gasteiger partial charge in [-0.3, -0.25) is 0 Å². The molecular weight excluding hydrogens is 291 g/mol. The Morgan fingerprint density at radius 1 is 1.56 bits per heavy atom. The summed E-state index contributed by atoms with van der Waals surface area (Å²) in [5.74, 6) is 0. The van der Waals surface area contributed by atoms with Crippen LogP contribution in [0.4, 0.5) is 0 Å². The van der Waals surface area contributed by atoms with Crippen LogP contribution in [0.2, 0.25) is 5.15 Å². The molecule has 1 saturated heterocycles. The Bertz CT molecular complexity index is 534. The summed E-state index contributed by atoms with van der Waals surface area (Å²) in [4.78, 5) is 4.10. The van der Waals surface area contributed by atoms with Crippen molar-refractivity contribution in [2.45, 2.75) is 12.5 Å². The van der Waals surface area contributed by atoms with E-state index in [4.69, 9.17) is 16.3 Å². The lowest BCUT2D eigenvalue weighted by molar-refractivity contribution is 0.187. The number of rotatable bonds is 1. The van der Waals surface area contributed by atoms with E-state index in [1.807, 2.05) is 6.07 Å². The molecule has 0 amide bonds. The molecule has 5 heteroatoms. The molecule has 3 rings (SSSR count). The lowest BCUT2D eigenvalue weighted by atomic mass is 10.2. The number of halogens is 2. The van der Waals surface area contributed by atoms with Crippen molar-refractivity contribution >= 4 is 38.4 Å². The molecule has 2 aromatic rings. The Morgan fingerprint density at radius 3 is 3.19 bits per heavy atom. The monoisotopic (exact) mass is 300 g/mol. The molecule has 1 aliphatic heterocycles. The number of hydrogen-bond donors (Lipinski definition) is 0. The van der Waals surface area contributed by atoms with Crippen molar-refractivity contribution < 1.29 is 4.74 Å². The van der Waals surface area contributed by atoms with Crippen LogP contribution in [0.15, 0.2) is 22.9 Å². The molecule has 1 unspecified atom stereocenters. The molecule has 0 aliphatic carbocycles. The highest BCUT2D eigenvalue weighted by molar-refractivity contribution is 9.10. The Balaban J connectivity index is 2.22. The van der Waals surface area contributed by atoms with Crippen LogP contribution in [0.3, 0.4) is 0 Å². The van der Waals surface area contributed by atoms with E-state index in [9.17, 15) is 0 Å². The Kier molecular flexibility index (Phi) is 2.65. The van der Waals surface area contributed by atoms with Crippen LogP contribution in [-0.4, -0.2) is 22.8 Å². The third kappa shape index (κ3) is 1.56. The van der Waals surface area contributed by atoms with Gasteiger partial charge in [-0.05, 0) is 28.4 Å². The van der Waals surface area contributed by atoms with Crippen LogP contribution in [0.5, 0.6) is 0 Å². The van der Waals surface area contributed by atoms with Crippen molar-refractivity contribution in [3.63, 3.8) is 0 Å². The molecule has 0 aromatic carbocycles. The van der Waals surface area contributed by atoms with Crippen LogP contribution < -0.4 is 0 Å². The number of nitrogens with zero attached hydrogens (tertiary/aromatic N) is 2. The molecule has 84 valence electrons. The molecule has 0 spiro atoms. The first-order chi connectivity index (χ1) is 7.77. The van der Waals surface area contributed by atoms with Gasteiger partial charge in [0.25, 0.3) is 0 Å². The first-order valence-corrected chi connectivity index (χ1v) is 6.33. The number of fused-ring (bicyclic) bond motifs is 1. The average Bonchev–Trinajstić information content (AvgIpc) is 2.86. The quantitative estimate of drug-likeness (QED) is 0.755. The summed E-state index contributed by atoms with van der Waals surface area (Å²) in [6.07, 6.45) is 4.86. The summed E-state index contributed by atoms with van der Waals surface area (Å²) in [6, 6.07) is 2.40. The van der Waals surface area contributed by atoms with Gasteiger partial charge < -0.3 is 9.30 Å². The van der Waals surface area contributed by atoms with Gasteiger partial charge in [-0.15, -0.1) is 0 Å². The second kappa shape index (κ2) is 4.02. The van der Waals surface area contributed by atoms with Crippen molar-refractivity contribution in [3.8, 4) is 0 Å². The maximum atomic E-state index is 6.10. The minimum Gasteiger partial charge on any atom is -0.379 e. The van der Waals surface area contributed by atoms with E-state index in [-0.39, 0.29) is 0 Å². The molecule has 0 bridgehead atoms. The number of aromatic nitrogens is 2. The predicted octanol–water partition coefficient (Wildman–Crippen LogP) is 3.41. The molecule has 0 radical (unpaired) electrons. The second-order valence-corrected chi connectivity index (χ2v) is 5.11. The maximum Gasteiger partial charge on any atom is 0.139 e. The lowest BCUT2D eigenvalue weighted by Gasteiger charge is -2.11. The standard InChI is InChI=1S/C11H10BrClN2O/c12-8-5-15(7-2-4-16-6-7)9-1-3-14-11(13)10(8)9/h1,3,5,7H,2,4,6H2. The fourth-order valence-electron chi connectivity index (χ4n) is 2.16. The van der Waals surface area contributed by atoms with Gasteiger partial charge in [-0.25, -0.2) is 4.98 Å². The van der Waals surface area contributed by atoms with Gasteiger partial charge in [0.05, 0.1) is 23.6 Å². The van der Waals surface area contributed by atoms with Crippen LogP contribution in [0, 0.1) is 0 Å². The Hall–Kier alpha value is -0.580. The fraction of sp³-hybridized carbons (Fsp3) is 0.364. The average molecular weight is 302 g/mol. The zero-order valence-corrected chi connectivity index (χ0v) is 10.8. The van der Waals surface area contributed by atoms with Gasteiger partial charge in [0.1, 0.15) is 5.15 Å². The topological polar surface area (TPSA) is 27.1 Å². The van der Waals surface area contributed by atoms with Crippen molar-refractivity contribution in [1.29, 1.82) is 0 Å². The van der Waals surface area contributed by atoms with Crippen molar-refractivity contribution in [2.75, 3.05) is 13.2 Å². The van der Waals surface area contributed by atoms with E-state index >= 15 is 0 Å². The van der Waals surface area contributed by atoms with Gasteiger partial charge in [-0.1, -0.05) is 11.6 Å². The Labute approximate surface area is 106 Å². The molecule has 3 nitrogen and oxygen atoms in total. The molecule has 16 heavy (non-hydrogen) atoms. The van der Waals surface area contributed by atoms with Crippen molar-refractivity contribution in [3.05, 3.63) is 28.1 Å². The van der Waals surface area contributed by atoms with Gasteiger partial charge in [0.2, 0.25) is 0 Å². The molecule has 2 aromatic heterocycles.